The van der Waals surface area contributed by atoms with E-state index in [0.29, 0.717) is 11.5 Å². The molecule has 0 unspecified atom stereocenters. The van der Waals surface area contributed by atoms with Crippen LogP contribution in [-0.2, 0) is 21.1 Å². The minimum absolute atomic E-state index is 0.150. The Morgan fingerprint density at radius 1 is 0.816 bits per heavy atom. The number of ether oxygens (including phenoxy) is 2. The van der Waals surface area contributed by atoms with E-state index >= 15 is 0 Å². The van der Waals surface area contributed by atoms with Crippen molar-refractivity contribution in [3.8, 4) is 17.5 Å². The largest absolute Gasteiger partial charge is 0.493 e. The van der Waals surface area contributed by atoms with Crippen molar-refractivity contribution < 1.29 is 9.47 Å². The van der Waals surface area contributed by atoms with Crippen molar-refractivity contribution in [3.63, 3.8) is 0 Å². The predicted molar refractivity (Wildman–Crippen MR) is 147 cm³/mol. The van der Waals surface area contributed by atoms with Gasteiger partial charge in [-0.15, -0.1) is 0 Å². The van der Waals surface area contributed by atoms with Gasteiger partial charge >= 0.3 is 11.7 Å². The first-order valence-corrected chi connectivity index (χ1v) is 11.8. The molecule has 0 bridgehead atoms. The van der Waals surface area contributed by atoms with Crippen molar-refractivity contribution in [2.75, 3.05) is 12.1 Å². The first-order chi connectivity index (χ1) is 18.4. The van der Waals surface area contributed by atoms with E-state index in [4.69, 9.17) is 14.6 Å². The van der Waals surface area contributed by atoms with Crippen molar-refractivity contribution in [2.24, 2.45) is 26.2 Å². The van der Waals surface area contributed by atoms with Gasteiger partial charge in [-0.3, -0.25) is 18.5 Å². The lowest BCUT2D eigenvalue weighted by atomic mass is 10.2. The summed E-state index contributed by atoms with van der Waals surface area (Å²) in [5.74, 6) is 0.849. The van der Waals surface area contributed by atoms with Gasteiger partial charge in [-0.25, -0.2) is 9.80 Å². The molecule has 2 aromatic heterocycles. The van der Waals surface area contributed by atoms with E-state index in [1.807, 2.05) is 71.7 Å². The first-order valence-electron chi connectivity index (χ1n) is 11.8. The normalized spacial score (nSPS) is 11.3. The molecular formula is C28H26N6O4. The molecular weight excluding hydrogens is 484 g/mol. The zero-order chi connectivity index (χ0) is 26.8. The fourth-order valence-electron chi connectivity index (χ4n) is 4.08. The van der Waals surface area contributed by atoms with Crippen LogP contribution in [0.3, 0.4) is 0 Å². The Kier molecular flexibility index (Phi) is 6.53. The molecule has 0 N–H and O–H groups in total. The highest BCUT2D eigenvalue weighted by molar-refractivity contribution is 5.83. The molecule has 0 aliphatic carbocycles. The molecule has 0 saturated heterocycles. The molecule has 5 aromatic rings. The Hall–Kier alpha value is -5.12. The molecule has 192 valence electrons. The van der Waals surface area contributed by atoms with Crippen molar-refractivity contribution in [3.05, 3.63) is 105 Å². The van der Waals surface area contributed by atoms with Crippen LogP contribution in [0.15, 0.2) is 93.6 Å². The number of methoxy groups -OCH3 is 1. The van der Waals surface area contributed by atoms with E-state index in [0.717, 1.165) is 21.5 Å². The van der Waals surface area contributed by atoms with Crippen LogP contribution in [0.25, 0.3) is 11.2 Å². The summed E-state index contributed by atoms with van der Waals surface area (Å²) in [4.78, 5) is 29.4. The van der Waals surface area contributed by atoms with Gasteiger partial charge in [0.15, 0.2) is 22.7 Å². The maximum absolute atomic E-state index is 12.7. The molecule has 0 radical (unpaired) electrons. The quantitative estimate of drug-likeness (QED) is 0.243. The van der Waals surface area contributed by atoms with Crippen LogP contribution in [0.1, 0.15) is 5.56 Å². The Balaban J connectivity index is 1.48. The molecule has 0 aliphatic rings. The number of rotatable bonds is 7. The van der Waals surface area contributed by atoms with E-state index in [1.54, 1.807) is 32.4 Å². The summed E-state index contributed by atoms with van der Waals surface area (Å²) in [6.07, 6.45) is 1.74. The van der Waals surface area contributed by atoms with E-state index in [2.05, 4.69) is 4.98 Å². The predicted octanol–water partition coefficient (Wildman–Crippen LogP) is 3.94. The first kappa shape index (κ1) is 24.6. The fourth-order valence-corrected chi connectivity index (χ4v) is 4.08. The van der Waals surface area contributed by atoms with E-state index in [-0.39, 0.29) is 17.2 Å². The second-order valence-corrected chi connectivity index (χ2v) is 8.57. The number of nitrogens with zero attached hydrogens (tertiary/aromatic N) is 6. The van der Waals surface area contributed by atoms with E-state index in [1.165, 1.54) is 23.3 Å². The summed E-state index contributed by atoms with van der Waals surface area (Å²) in [5, 5.41) is 6.58. The van der Waals surface area contributed by atoms with Crippen molar-refractivity contribution in [1.82, 2.24) is 18.7 Å². The lowest BCUT2D eigenvalue weighted by Gasteiger charge is -2.19. The highest BCUT2D eigenvalue weighted by Crippen LogP contribution is 2.32. The lowest BCUT2D eigenvalue weighted by molar-refractivity contribution is 0.363. The van der Waals surface area contributed by atoms with Gasteiger partial charge in [0.25, 0.3) is 5.56 Å². The summed E-state index contributed by atoms with van der Waals surface area (Å²) in [7, 11) is 6.19. The van der Waals surface area contributed by atoms with Gasteiger partial charge in [-0.1, -0.05) is 36.4 Å². The zero-order valence-corrected chi connectivity index (χ0v) is 21.4. The van der Waals surface area contributed by atoms with E-state index < -0.39 is 11.2 Å². The monoisotopic (exact) mass is 510 g/mol. The number of hydrogen-bond acceptors (Lipinski definition) is 7. The third kappa shape index (κ3) is 4.43. The molecule has 3 aromatic carbocycles. The highest BCUT2D eigenvalue weighted by atomic mass is 16.5. The number of anilines is 2. The van der Waals surface area contributed by atoms with Crippen LogP contribution in [0.5, 0.6) is 17.5 Å². The molecule has 0 amide bonds. The second kappa shape index (κ2) is 10.1. The van der Waals surface area contributed by atoms with Gasteiger partial charge in [0.05, 0.1) is 24.7 Å². The van der Waals surface area contributed by atoms with Crippen LogP contribution in [0.2, 0.25) is 0 Å². The maximum Gasteiger partial charge on any atom is 0.332 e. The van der Waals surface area contributed by atoms with Gasteiger partial charge in [0, 0.05) is 21.1 Å². The summed E-state index contributed by atoms with van der Waals surface area (Å²) in [6, 6.07) is 25.3. The topological polar surface area (TPSA) is 95.9 Å². The summed E-state index contributed by atoms with van der Waals surface area (Å²) < 4.78 is 15.5. The fraction of sp³-hybridized carbons (Fsp3) is 0.143. The van der Waals surface area contributed by atoms with E-state index in [9.17, 15) is 9.59 Å². The van der Waals surface area contributed by atoms with Gasteiger partial charge in [-0.2, -0.15) is 10.1 Å². The van der Waals surface area contributed by atoms with Crippen LogP contribution < -0.4 is 25.7 Å². The lowest BCUT2D eigenvalue weighted by Crippen LogP contribution is -2.37. The third-order valence-corrected chi connectivity index (χ3v) is 6.15. The maximum atomic E-state index is 12.7. The summed E-state index contributed by atoms with van der Waals surface area (Å²) >= 11 is 0. The molecule has 2 heterocycles. The molecule has 0 fully saturated rings. The number of benzene rings is 3. The molecule has 0 saturated carbocycles. The second-order valence-electron chi connectivity index (χ2n) is 8.57. The SMILES string of the molecule is COc1cc(C=NN(c2ccccc2)c2ccccc2)ccc1Oc1nc2c(c(=O)n(C)c(=O)n2C)n1C. The summed E-state index contributed by atoms with van der Waals surface area (Å²) in [6.45, 7) is 0. The molecule has 38 heavy (non-hydrogen) atoms. The smallest absolute Gasteiger partial charge is 0.332 e. The van der Waals surface area contributed by atoms with Gasteiger partial charge in [-0.05, 0) is 48.0 Å². The van der Waals surface area contributed by atoms with Gasteiger partial charge < -0.3 is 9.47 Å². The number of imidazole rings is 1. The average molecular weight is 511 g/mol. The van der Waals surface area contributed by atoms with Crippen molar-refractivity contribution in [1.29, 1.82) is 0 Å². The highest BCUT2D eigenvalue weighted by Gasteiger charge is 2.19. The average Bonchev–Trinajstić information content (AvgIpc) is 3.28. The molecule has 5 rings (SSSR count). The van der Waals surface area contributed by atoms with Gasteiger partial charge in [0.1, 0.15) is 0 Å². The minimum atomic E-state index is -0.464. The molecule has 0 aliphatic heterocycles. The number of aromatic nitrogens is 4. The third-order valence-electron chi connectivity index (χ3n) is 6.15. The molecule has 0 atom stereocenters. The molecule has 10 heteroatoms. The van der Waals surface area contributed by atoms with Crippen LogP contribution in [-0.4, -0.2) is 32.0 Å². The number of para-hydroxylation sites is 2. The Bertz CT molecular complexity index is 1710. The standard InChI is InChI=1S/C28H26N6O4/c1-31-24-25(32(2)28(36)33(3)26(24)35)30-27(31)38-22-16-15-19(17-23(22)37-4)18-29-34(20-11-7-5-8-12-20)21-13-9-6-10-14-21/h5-18H,1-4H3. The Labute approximate surface area is 218 Å². The number of fused-ring (bicyclic) bond motifs is 1. The number of hydrogen-bond donors (Lipinski definition) is 0. The summed E-state index contributed by atoms with van der Waals surface area (Å²) in [5.41, 5.74) is 2.21. The van der Waals surface area contributed by atoms with Crippen LogP contribution in [0, 0.1) is 0 Å². The minimum Gasteiger partial charge on any atom is -0.493 e. The van der Waals surface area contributed by atoms with Crippen LogP contribution >= 0.6 is 0 Å². The Morgan fingerprint density at radius 3 is 2.05 bits per heavy atom. The van der Waals surface area contributed by atoms with Gasteiger partial charge in [0.2, 0.25) is 0 Å². The molecule has 0 spiro atoms. The Morgan fingerprint density at radius 2 is 1.45 bits per heavy atom. The van der Waals surface area contributed by atoms with Crippen molar-refractivity contribution in [2.45, 2.75) is 0 Å². The van der Waals surface area contributed by atoms with Crippen molar-refractivity contribution >= 4 is 28.8 Å². The zero-order valence-electron chi connectivity index (χ0n) is 21.4. The van der Waals surface area contributed by atoms with Crippen LogP contribution in [0.4, 0.5) is 11.4 Å². The number of hydrazone groups is 1. The molecule has 10 nitrogen and oxygen atoms in total. The number of aryl methyl sites for hydroxylation is 2.